The van der Waals surface area contributed by atoms with Crippen LogP contribution in [0.4, 0.5) is 0 Å². The van der Waals surface area contributed by atoms with Crippen LogP contribution in [0.2, 0.25) is 0 Å². The second kappa shape index (κ2) is 7.97. The fourth-order valence-electron chi connectivity index (χ4n) is 2.62. The van der Waals surface area contributed by atoms with Gasteiger partial charge in [-0.3, -0.25) is 9.59 Å². The number of nitrogens with zero attached hydrogens (tertiary/aromatic N) is 1. The number of morpholine rings is 1. The second-order valence-electron chi connectivity index (χ2n) is 5.70. The van der Waals surface area contributed by atoms with Crippen LogP contribution in [0.25, 0.3) is 0 Å². The molecule has 0 spiro atoms. The molecule has 6 heteroatoms. The standard InChI is InChI=1S/C17H24N2O4/c1-4-22-15-7-5-14(6-8-15)17(21)18-9-16(20)19-10-12(2)23-13(3)11-19/h5-8,12-13H,4,9-11H2,1-3H3,(H,18,21)/t12-,13-/m1/s1. The number of benzene rings is 1. The summed E-state index contributed by atoms with van der Waals surface area (Å²) in [7, 11) is 0. The van der Waals surface area contributed by atoms with Gasteiger partial charge in [0.05, 0.1) is 25.4 Å². The highest BCUT2D eigenvalue weighted by atomic mass is 16.5. The molecule has 0 aromatic heterocycles. The monoisotopic (exact) mass is 320 g/mol. The highest BCUT2D eigenvalue weighted by Crippen LogP contribution is 2.12. The molecule has 2 amide bonds. The fraction of sp³-hybridized carbons (Fsp3) is 0.529. The largest absolute Gasteiger partial charge is 0.494 e. The summed E-state index contributed by atoms with van der Waals surface area (Å²) in [4.78, 5) is 26.0. The molecule has 1 aliphatic rings. The van der Waals surface area contributed by atoms with Crippen LogP contribution in [0.5, 0.6) is 5.75 Å². The van der Waals surface area contributed by atoms with E-state index >= 15 is 0 Å². The van der Waals surface area contributed by atoms with E-state index in [9.17, 15) is 9.59 Å². The van der Waals surface area contributed by atoms with Gasteiger partial charge in [-0.15, -0.1) is 0 Å². The van der Waals surface area contributed by atoms with Crippen LogP contribution in [0.15, 0.2) is 24.3 Å². The van der Waals surface area contributed by atoms with Crippen molar-refractivity contribution in [3.8, 4) is 5.75 Å². The van der Waals surface area contributed by atoms with Crippen LogP contribution in [0, 0.1) is 0 Å². The molecule has 1 fully saturated rings. The van der Waals surface area contributed by atoms with Gasteiger partial charge in [-0.25, -0.2) is 0 Å². The zero-order chi connectivity index (χ0) is 16.8. The summed E-state index contributed by atoms with van der Waals surface area (Å²) < 4.78 is 10.9. The van der Waals surface area contributed by atoms with Gasteiger partial charge in [0.25, 0.3) is 5.91 Å². The predicted octanol–water partition coefficient (Wildman–Crippen LogP) is 1.45. The number of rotatable bonds is 5. The molecule has 23 heavy (non-hydrogen) atoms. The number of amides is 2. The smallest absolute Gasteiger partial charge is 0.251 e. The van der Waals surface area contributed by atoms with E-state index in [1.165, 1.54) is 0 Å². The van der Waals surface area contributed by atoms with Crippen molar-refractivity contribution in [3.05, 3.63) is 29.8 Å². The van der Waals surface area contributed by atoms with Gasteiger partial charge in [-0.05, 0) is 45.0 Å². The van der Waals surface area contributed by atoms with Crippen molar-refractivity contribution in [2.45, 2.75) is 33.0 Å². The Kier molecular flexibility index (Phi) is 5.98. The summed E-state index contributed by atoms with van der Waals surface area (Å²) >= 11 is 0. The Hall–Kier alpha value is -2.08. The summed E-state index contributed by atoms with van der Waals surface area (Å²) in [6.45, 7) is 7.47. The van der Waals surface area contributed by atoms with Crippen LogP contribution in [-0.4, -0.2) is 55.2 Å². The second-order valence-corrected chi connectivity index (χ2v) is 5.70. The Morgan fingerprint density at radius 1 is 1.22 bits per heavy atom. The van der Waals surface area contributed by atoms with Crippen molar-refractivity contribution in [2.24, 2.45) is 0 Å². The number of nitrogens with one attached hydrogen (secondary N) is 1. The topological polar surface area (TPSA) is 67.9 Å². The SMILES string of the molecule is CCOc1ccc(C(=O)NCC(=O)N2C[C@@H](C)O[C@H](C)C2)cc1. The van der Waals surface area contributed by atoms with E-state index in [1.807, 2.05) is 20.8 Å². The number of hydrogen-bond acceptors (Lipinski definition) is 4. The maximum absolute atomic E-state index is 12.2. The van der Waals surface area contributed by atoms with Crippen LogP contribution in [-0.2, 0) is 9.53 Å². The maximum atomic E-state index is 12.2. The molecule has 1 heterocycles. The van der Waals surface area contributed by atoms with Gasteiger partial charge in [0.15, 0.2) is 0 Å². The number of carbonyl (C=O) groups excluding carboxylic acids is 2. The third-order valence-electron chi connectivity index (χ3n) is 3.60. The molecule has 1 aromatic carbocycles. The van der Waals surface area contributed by atoms with E-state index in [4.69, 9.17) is 9.47 Å². The van der Waals surface area contributed by atoms with Gasteiger partial charge >= 0.3 is 0 Å². The molecule has 126 valence electrons. The van der Waals surface area contributed by atoms with Crippen LogP contribution in [0.3, 0.4) is 0 Å². The van der Waals surface area contributed by atoms with Crippen LogP contribution < -0.4 is 10.1 Å². The lowest BCUT2D eigenvalue weighted by atomic mass is 10.2. The van der Waals surface area contributed by atoms with Crippen LogP contribution >= 0.6 is 0 Å². The molecule has 2 atom stereocenters. The molecule has 0 unspecified atom stereocenters. The third-order valence-corrected chi connectivity index (χ3v) is 3.60. The molecule has 1 aliphatic heterocycles. The maximum Gasteiger partial charge on any atom is 0.251 e. The van der Waals surface area contributed by atoms with Crippen LogP contribution in [0.1, 0.15) is 31.1 Å². The molecule has 6 nitrogen and oxygen atoms in total. The normalized spacial score (nSPS) is 20.9. The first-order chi connectivity index (χ1) is 11.0. The summed E-state index contributed by atoms with van der Waals surface area (Å²) in [5.74, 6) is 0.360. The summed E-state index contributed by atoms with van der Waals surface area (Å²) in [5.41, 5.74) is 0.505. The Labute approximate surface area is 136 Å². The molecular formula is C17H24N2O4. The number of ether oxygens (including phenoxy) is 2. The predicted molar refractivity (Wildman–Crippen MR) is 86.5 cm³/mol. The summed E-state index contributed by atoms with van der Waals surface area (Å²) in [6, 6.07) is 6.85. The fourth-order valence-corrected chi connectivity index (χ4v) is 2.62. The minimum Gasteiger partial charge on any atom is -0.494 e. The molecule has 1 aromatic rings. The molecule has 0 aliphatic carbocycles. The van der Waals surface area contributed by atoms with Crippen molar-refractivity contribution >= 4 is 11.8 Å². The van der Waals surface area contributed by atoms with Crippen molar-refractivity contribution in [1.82, 2.24) is 10.2 Å². The molecule has 2 rings (SSSR count). The Bertz CT molecular complexity index is 534. The molecule has 0 radical (unpaired) electrons. The number of hydrogen-bond donors (Lipinski definition) is 1. The highest BCUT2D eigenvalue weighted by Gasteiger charge is 2.25. The minimum absolute atomic E-state index is 0.00845. The lowest BCUT2D eigenvalue weighted by molar-refractivity contribution is -0.142. The quantitative estimate of drug-likeness (QED) is 0.892. The van der Waals surface area contributed by atoms with E-state index in [0.717, 1.165) is 5.75 Å². The van der Waals surface area contributed by atoms with E-state index in [-0.39, 0.29) is 30.6 Å². The average molecular weight is 320 g/mol. The molecule has 0 saturated carbocycles. The first-order valence-electron chi connectivity index (χ1n) is 7.94. The highest BCUT2D eigenvalue weighted by molar-refractivity contribution is 5.96. The van der Waals surface area contributed by atoms with E-state index in [1.54, 1.807) is 29.2 Å². The zero-order valence-electron chi connectivity index (χ0n) is 13.9. The average Bonchev–Trinajstić information content (AvgIpc) is 2.52. The van der Waals surface area contributed by atoms with E-state index in [2.05, 4.69) is 5.32 Å². The number of carbonyl (C=O) groups is 2. The molecule has 0 bridgehead atoms. The van der Waals surface area contributed by atoms with Gasteiger partial charge in [-0.1, -0.05) is 0 Å². The Morgan fingerprint density at radius 2 is 1.83 bits per heavy atom. The van der Waals surface area contributed by atoms with Crippen molar-refractivity contribution in [2.75, 3.05) is 26.2 Å². The van der Waals surface area contributed by atoms with Gasteiger partial charge in [0, 0.05) is 18.7 Å². The molecule has 1 N–H and O–H groups in total. The minimum atomic E-state index is -0.268. The first kappa shape index (κ1) is 17.3. The van der Waals surface area contributed by atoms with Gasteiger partial charge in [0.2, 0.25) is 5.91 Å². The lowest BCUT2D eigenvalue weighted by Crippen LogP contribution is -2.51. The third kappa shape index (κ3) is 4.96. The molecular weight excluding hydrogens is 296 g/mol. The van der Waals surface area contributed by atoms with Gasteiger partial charge < -0.3 is 19.7 Å². The first-order valence-corrected chi connectivity index (χ1v) is 7.94. The van der Waals surface area contributed by atoms with E-state index in [0.29, 0.717) is 25.3 Å². The Morgan fingerprint density at radius 3 is 2.39 bits per heavy atom. The zero-order valence-corrected chi connectivity index (χ0v) is 13.9. The van der Waals surface area contributed by atoms with Crippen molar-refractivity contribution in [3.63, 3.8) is 0 Å². The summed E-state index contributed by atoms with van der Waals surface area (Å²) in [5, 5.41) is 2.67. The molecule has 1 saturated heterocycles. The van der Waals surface area contributed by atoms with E-state index < -0.39 is 0 Å². The van der Waals surface area contributed by atoms with Crippen molar-refractivity contribution in [1.29, 1.82) is 0 Å². The van der Waals surface area contributed by atoms with Gasteiger partial charge in [-0.2, -0.15) is 0 Å². The lowest BCUT2D eigenvalue weighted by Gasteiger charge is -2.35. The summed E-state index contributed by atoms with van der Waals surface area (Å²) in [6.07, 6.45) is 0.0361. The Balaban J connectivity index is 1.84. The van der Waals surface area contributed by atoms with Gasteiger partial charge in [0.1, 0.15) is 5.75 Å². The van der Waals surface area contributed by atoms with Crippen molar-refractivity contribution < 1.29 is 19.1 Å².